The van der Waals surface area contributed by atoms with E-state index in [1.54, 1.807) is 4.68 Å². The average molecular weight is 489 g/mol. The molecule has 176 valence electrons. The molecule has 0 bridgehead atoms. The van der Waals surface area contributed by atoms with Crippen LogP contribution in [0.25, 0.3) is 22.3 Å². The van der Waals surface area contributed by atoms with E-state index < -0.39 is 6.17 Å². The fourth-order valence-corrected chi connectivity index (χ4v) is 4.50. The lowest BCUT2D eigenvalue weighted by Gasteiger charge is -2.23. The van der Waals surface area contributed by atoms with Gasteiger partial charge in [-0.15, -0.1) is 0 Å². The largest absolute Gasteiger partial charge is 0.489 e. The van der Waals surface area contributed by atoms with Crippen molar-refractivity contribution in [2.24, 2.45) is 10.7 Å². The molecular weight excluding hydrogens is 468 g/mol. The van der Waals surface area contributed by atoms with E-state index >= 15 is 0 Å². The third-order valence-corrected chi connectivity index (χ3v) is 6.20. The average Bonchev–Trinajstić information content (AvgIpc) is 3.35. The van der Waals surface area contributed by atoms with E-state index in [2.05, 4.69) is 11.4 Å². The van der Waals surface area contributed by atoms with Crippen molar-refractivity contribution in [3.8, 4) is 28.8 Å². The molecule has 1 atom stereocenters. The van der Waals surface area contributed by atoms with Gasteiger partial charge in [-0.3, -0.25) is 14.6 Å². The van der Waals surface area contributed by atoms with Crippen molar-refractivity contribution in [3.05, 3.63) is 53.2 Å². The first-order valence-electron chi connectivity index (χ1n) is 11.2. The Morgan fingerprint density at radius 2 is 1.94 bits per heavy atom. The minimum absolute atomic E-state index is 0.249. The second kappa shape index (κ2) is 8.52. The molecule has 2 aliphatic rings. The van der Waals surface area contributed by atoms with Crippen molar-refractivity contribution in [1.82, 2.24) is 19.3 Å². The third-order valence-electron chi connectivity index (χ3n) is 5.94. The van der Waals surface area contributed by atoms with Crippen molar-refractivity contribution in [2.45, 2.75) is 25.6 Å². The van der Waals surface area contributed by atoms with Crippen molar-refractivity contribution >= 4 is 34.5 Å². The highest BCUT2D eigenvalue weighted by molar-refractivity contribution is 6.30. The first kappa shape index (κ1) is 21.3. The van der Waals surface area contributed by atoms with Gasteiger partial charge in [0, 0.05) is 40.9 Å². The number of ether oxygens (including phenoxy) is 2. The molecule has 4 heterocycles. The van der Waals surface area contributed by atoms with Gasteiger partial charge >= 0.3 is 0 Å². The normalized spacial score (nSPS) is 16.7. The smallest absolute Gasteiger partial charge is 0.212 e. The number of fused-ring (bicyclic) bond motifs is 4. The number of rotatable bonds is 4. The molecule has 35 heavy (non-hydrogen) atoms. The number of halogens is 1. The highest BCUT2D eigenvalue weighted by Crippen LogP contribution is 2.40. The van der Waals surface area contributed by atoms with E-state index in [0.717, 1.165) is 34.3 Å². The number of hydrogen-bond acceptors (Lipinski definition) is 8. The Balaban J connectivity index is 1.54. The molecule has 2 aliphatic heterocycles. The Labute approximate surface area is 205 Å². The zero-order valence-electron chi connectivity index (χ0n) is 18.6. The zero-order valence-corrected chi connectivity index (χ0v) is 19.4. The minimum atomic E-state index is -0.539. The fourth-order valence-electron chi connectivity index (χ4n) is 4.37. The van der Waals surface area contributed by atoms with E-state index in [1.807, 2.05) is 47.2 Å². The van der Waals surface area contributed by atoms with Gasteiger partial charge in [0.1, 0.15) is 0 Å². The molecule has 0 spiro atoms. The van der Waals surface area contributed by atoms with Crippen LogP contribution >= 0.6 is 11.6 Å². The molecular formula is C24H21ClN8O2. The van der Waals surface area contributed by atoms with Crippen LogP contribution < -0.4 is 20.5 Å². The number of hydrogen-bond donors (Lipinski definition) is 2. The number of nitriles is 1. The summed E-state index contributed by atoms with van der Waals surface area (Å²) in [6, 6.07) is 13.4. The second-order valence-electron chi connectivity index (χ2n) is 8.27. The number of benzene rings is 2. The lowest BCUT2D eigenvalue weighted by molar-refractivity contribution is 0.297. The molecule has 0 aliphatic carbocycles. The SMILES string of the molecule is N#CCCn1cc(C2N=C(N)Nc3nc4cc5c(cc4n32)OCCCO5)c(-c2ccc(Cl)cc2)n1. The summed E-state index contributed by atoms with van der Waals surface area (Å²) in [6.07, 6.45) is 2.52. The minimum Gasteiger partial charge on any atom is -0.489 e. The molecule has 11 heteroatoms. The van der Waals surface area contributed by atoms with Crippen LogP contribution in [0.4, 0.5) is 5.95 Å². The van der Waals surface area contributed by atoms with Crippen LogP contribution in [0.15, 0.2) is 47.6 Å². The highest BCUT2D eigenvalue weighted by Gasteiger charge is 2.30. The number of aliphatic imine (C=N–C) groups is 1. The predicted molar refractivity (Wildman–Crippen MR) is 132 cm³/mol. The molecule has 10 nitrogen and oxygen atoms in total. The standard InChI is InChI=1S/C24H21ClN8O2/c25-15-5-3-14(4-6-15)21-16(13-32(31-21)8-1-7-26)22-29-23(27)30-24-28-17-11-19-20(12-18(17)33(22)24)35-10-2-9-34-19/h3-6,11-13,22H,1-2,8-10H2,(H3,27,28,29,30). The number of nitrogens with one attached hydrogen (secondary N) is 1. The Hall–Kier alpha value is -4.23. The molecule has 4 aromatic rings. The van der Waals surface area contributed by atoms with E-state index in [0.29, 0.717) is 48.6 Å². The van der Waals surface area contributed by atoms with Crippen molar-refractivity contribution < 1.29 is 9.47 Å². The van der Waals surface area contributed by atoms with Gasteiger partial charge in [-0.05, 0) is 12.1 Å². The van der Waals surface area contributed by atoms with Crippen molar-refractivity contribution in [3.63, 3.8) is 0 Å². The first-order valence-corrected chi connectivity index (χ1v) is 11.6. The van der Waals surface area contributed by atoms with Gasteiger partial charge in [0.25, 0.3) is 0 Å². The summed E-state index contributed by atoms with van der Waals surface area (Å²) >= 11 is 6.12. The summed E-state index contributed by atoms with van der Waals surface area (Å²) in [4.78, 5) is 9.49. The van der Waals surface area contributed by atoms with Crippen LogP contribution in [0.3, 0.4) is 0 Å². The number of nitrogens with zero attached hydrogens (tertiary/aromatic N) is 6. The number of aromatic nitrogens is 4. The fraction of sp³-hybridized carbons (Fsp3) is 0.250. The first-order chi connectivity index (χ1) is 17.1. The van der Waals surface area contributed by atoms with Crippen LogP contribution in [0.5, 0.6) is 11.5 Å². The summed E-state index contributed by atoms with van der Waals surface area (Å²) in [5.74, 6) is 2.15. The number of guanidine groups is 1. The molecule has 0 fully saturated rings. The predicted octanol–water partition coefficient (Wildman–Crippen LogP) is 3.92. The van der Waals surface area contributed by atoms with Crippen LogP contribution in [-0.2, 0) is 6.54 Å². The molecule has 6 rings (SSSR count). The van der Waals surface area contributed by atoms with Gasteiger partial charge in [-0.25, -0.2) is 9.98 Å². The quantitative estimate of drug-likeness (QED) is 0.445. The van der Waals surface area contributed by atoms with Gasteiger partial charge < -0.3 is 15.2 Å². The maximum Gasteiger partial charge on any atom is 0.212 e. The number of nitrogens with two attached hydrogens (primary N) is 1. The molecule has 2 aromatic heterocycles. The highest BCUT2D eigenvalue weighted by atomic mass is 35.5. The summed E-state index contributed by atoms with van der Waals surface area (Å²) < 4.78 is 15.5. The molecule has 2 aromatic carbocycles. The van der Waals surface area contributed by atoms with Gasteiger partial charge in [-0.1, -0.05) is 23.7 Å². The molecule has 0 radical (unpaired) electrons. The monoisotopic (exact) mass is 488 g/mol. The lowest BCUT2D eigenvalue weighted by atomic mass is 10.1. The van der Waals surface area contributed by atoms with E-state index in [4.69, 9.17) is 47.1 Å². The summed E-state index contributed by atoms with van der Waals surface area (Å²) in [6.45, 7) is 1.63. The van der Waals surface area contributed by atoms with Crippen molar-refractivity contribution in [2.75, 3.05) is 18.5 Å². The number of imidazole rings is 1. The van der Waals surface area contributed by atoms with Crippen LogP contribution in [0.2, 0.25) is 5.02 Å². The lowest BCUT2D eigenvalue weighted by Crippen LogP contribution is -2.31. The van der Waals surface area contributed by atoms with Gasteiger partial charge in [-0.2, -0.15) is 10.4 Å². The maximum absolute atomic E-state index is 9.09. The third kappa shape index (κ3) is 3.80. The van der Waals surface area contributed by atoms with E-state index in [9.17, 15) is 0 Å². The second-order valence-corrected chi connectivity index (χ2v) is 8.70. The van der Waals surface area contributed by atoms with Crippen LogP contribution in [0, 0.1) is 11.3 Å². The number of aryl methyl sites for hydroxylation is 1. The molecule has 0 saturated heterocycles. The van der Waals surface area contributed by atoms with Crippen LogP contribution in [-0.4, -0.2) is 38.5 Å². The maximum atomic E-state index is 9.09. The molecule has 0 amide bonds. The Morgan fingerprint density at radius 3 is 2.71 bits per heavy atom. The van der Waals surface area contributed by atoms with E-state index in [1.165, 1.54) is 0 Å². The van der Waals surface area contributed by atoms with Crippen molar-refractivity contribution in [1.29, 1.82) is 5.26 Å². The summed E-state index contributed by atoms with van der Waals surface area (Å²) in [5.41, 5.74) is 10.2. The zero-order chi connectivity index (χ0) is 23.9. The molecule has 0 saturated carbocycles. The topological polar surface area (TPSA) is 128 Å². The van der Waals surface area contributed by atoms with Gasteiger partial charge in [0.2, 0.25) is 5.95 Å². The van der Waals surface area contributed by atoms with Gasteiger partial charge in [0.05, 0.1) is 49.0 Å². The Bertz CT molecular complexity index is 1500. The van der Waals surface area contributed by atoms with Crippen LogP contribution in [0.1, 0.15) is 24.6 Å². The molecule has 3 N–H and O–H groups in total. The van der Waals surface area contributed by atoms with Gasteiger partial charge in [0.15, 0.2) is 23.6 Å². The molecule has 1 unspecified atom stereocenters. The summed E-state index contributed by atoms with van der Waals surface area (Å²) in [5, 5.41) is 17.6. The summed E-state index contributed by atoms with van der Waals surface area (Å²) in [7, 11) is 0. The van der Waals surface area contributed by atoms with E-state index in [-0.39, 0.29) is 5.96 Å². The Morgan fingerprint density at radius 1 is 1.17 bits per heavy atom. The Kier molecular flexibility index (Phi) is 5.19. The number of anilines is 1.